The van der Waals surface area contributed by atoms with Crippen LogP contribution in [0.4, 0.5) is 0 Å². The van der Waals surface area contributed by atoms with Gasteiger partial charge in [0.1, 0.15) is 23.0 Å². The number of fused-ring (bicyclic) bond motifs is 2. The van der Waals surface area contributed by atoms with E-state index in [2.05, 4.69) is 100 Å². The highest BCUT2D eigenvalue weighted by Crippen LogP contribution is 2.38. The Balaban J connectivity index is 1.19. The van der Waals surface area contributed by atoms with E-state index in [0.29, 0.717) is 12.1 Å². The maximum absolute atomic E-state index is 6.27. The van der Waals surface area contributed by atoms with Gasteiger partial charge in [0, 0.05) is 40.5 Å². The zero-order chi connectivity index (χ0) is 23.5. The Kier molecular flexibility index (Phi) is 4.60. The van der Waals surface area contributed by atoms with Crippen LogP contribution in [0.1, 0.15) is 25.0 Å². The molecule has 5 heterocycles. The van der Waals surface area contributed by atoms with Gasteiger partial charge in [-0.1, -0.05) is 24.3 Å². The molecule has 7 heteroatoms. The second-order valence-corrected chi connectivity index (χ2v) is 10.5. The summed E-state index contributed by atoms with van der Waals surface area (Å²) >= 11 is 1.73. The lowest BCUT2D eigenvalue weighted by Crippen LogP contribution is -2.20. The molecule has 2 aliphatic heterocycles. The molecule has 174 valence electrons. The van der Waals surface area contributed by atoms with Crippen LogP contribution in [0.15, 0.2) is 75.1 Å². The highest BCUT2D eigenvalue weighted by molar-refractivity contribution is 7.18. The molecule has 3 aromatic heterocycles. The fraction of sp³-hybridized carbons (Fsp3) is 0.214. The van der Waals surface area contributed by atoms with Crippen LogP contribution in [0.2, 0.25) is 0 Å². The first-order chi connectivity index (χ1) is 17.1. The normalized spacial score (nSPS) is 19.7. The molecule has 2 unspecified atom stereocenters. The lowest BCUT2D eigenvalue weighted by molar-refractivity contribution is 0.633. The first kappa shape index (κ1) is 20.5. The molecule has 0 fully saturated rings. The van der Waals surface area contributed by atoms with Crippen molar-refractivity contribution in [3.05, 3.63) is 71.8 Å². The summed E-state index contributed by atoms with van der Waals surface area (Å²) in [6, 6.07) is 22.0. The maximum Gasteiger partial charge on any atom is 0.145 e. The van der Waals surface area contributed by atoms with Crippen molar-refractivity contribution < 1.29 is 4.42 Å². The van der Waals surface area contributed by atoms with Crippen LogP contribution in [0.5, 0.6) is 0 Å². The predicted octanol–water partition coefficient (Wildman–Crippen LogP) is 5.79. The van der Waals surface area contributed by atoms with Crippen LogP contribution < -0.4 is 10.6 Å². The van der Waals surface area contributed by atoms with E-state index in [1.54, 1.807) is 11.3 Å². The summed E-state index contributed by atoms with van der Waals surface area (Å²) in [6.45, 7) is 6.03. The molecule has 5 aromatic rings. The van der Waals surface area contributed by atoms with E-state index in [1.807, 2.05) is 0 Å². The van der Waals surface area contributed by atoms with Gasteiger partial charge in [0.2, 0.25) is 0 Å². The molecule has 3 N–H and O–H groups in total. The van der Waals surface area contributed by atoms with Crippen molar-refractivity contribution >= 4 is 44.9 Å². The zero-order valence-electron chi connectivity index (χ0n) is 19.6. The quantitative estimate of drug-likeness (QED) is 0.305. The number of hydrogen-bond acceptors (Lipinski definition) is 6. The number of rotatable bonds is 4. The van der Waals surface area contributed by atoms with Gasteiger partial charge in [0.05, 0.1) is 27.5 Å². The fourth-order valence-electron chi connectivity index (χ4n) is 4.79. The first-order valence-corrected chi connectivity index (χ1v) is 12.8. The molecule has 0 bridgehead atoms. The fourth-order valence-corrected chi connectivity index (χ4v) is 5.72. The highest BCUT2D eigenvalue weighted by Gasteiger charge is 2.17. The van der Waals surface area contributed by atoms with E-state index in [0.717, 1.165) is 68.7 Å². The number of aliphatic imine (C=N–C) groups is 2. The van der Waals surface area contributed by atoms with Crippen molar-refractivity contribution in [1.82, 2.24) is 15.6 Å². The van der Waals surface area contributed by atoms with Crippen molar-refractivity contribution in [2.45, 2.75) is 25.9 Å². The molecular weight excluding hydrogens is 454 g/mol. The van der Waals surface area contributed by atoms with Gasteiger partial charge in [0.15, 0.2) is 0 Å². The van der Waals surface area contributed by atoms with Crippen LogP contribution in [0.25, 0.3) is 43.1 Å². The number of thiophene rings is 1. The molecule has 0 radical (unpaired) electrons. The van der Waals surface area contributed by atoms with Crippen LogP contribution in [-0.2, 0) is 0 Å². The number of amidine groups is 2. The number of nitrogens with one attached hydrogen (secondary N) is 3. The molecule has 7 rings (SSSR count). The minimum atomic E-state index is 0.311. The number of furan rings is 1. The molecule has 0 amide bonds. The number of H-pyrrole nitrogens is 1. The molecule has 2 aromatic carbocycles. The molecule has 0 saturated heterocycles. The Labute approximate surface area is 206 Å². The van der Waals surface area contributed by atoms with Gasteiger partial charge in [-0.15, -0.1) is 11.3 Å². The number of aromatic amines is 1. The average molecular weight is 480 g/mol. The molecule has 0 spiro atoms. The van der Waals surface area contributed by atoms with Crippen LogP contribution in [-0.4, -0.2) is 41.8 Å². The van der Waals surface area contributed by atoms with Crippen LogP contribution in [0.3, 0.4) is 0 Å². The van der Waals surface area contributed by atoms with Crippen molar-refractivity contribution in [3.8, 4) is 21.2 Å². The summed E-state index contributed by atoms with van der Waals surface area (Å²) in [5, 5.41) is 9.07. The molecule has 2 aliphatic rings. The maximum atomic E-state index is 6.27. The SMILES string of the molecule is CC1CNC(c2ccc3cc(-c4ccc(-c5cc6ccc(C7=NC(C)CN7)cc6o5)s4)[nH]c3c2)=N1. The van der Waals surface area contributed by atoms with Gasteiger partial charge in [-0.2, -0.15) is 0 Å². The van der Waals surface area contributed by atoms with E-state index in [-0.39, 0.29) is 0 Å². The van der Waals surface area contributed by atoms with E-state index in [9.17, 15) is 0 Å². The van der Waals surface area contributed by atoms with Crippen molar-refractivity contribution in [3.63, 3.8) is 0 Å². The topological polar surface area (TPSA) is 77.7 Å². The van der Waals surface area contributed by atoms with Gasteiger partial charge in [-0.25, -0.2) is 0 Å². The van der Waals surface area contributed by atoms with Crippen LogP contribution >= 0.6 is 11.3 Å². The Morgan fingerprint density at radius 3 is 2.17 bits per heavy atom. The minimum absolute atomic E-state index is 0.311. The molecule has 2 atom stereocenters. The number of nitrogens with zero attached hydrogens (tertiary/aromatic N) is 2. The third-order valence-electron chi connectivity index (χ3n) is 6.63. The monoisotopic (exact) mass is 479 g/mol. The molecule has 6 nitrogen and oxygen atoms in total. The second-order valence-electron chi connectivity index (χ2n) is 9.43. The molecule has 0 aliphatic carbocycles. The zero-order valence-corrected chi connectivity index (χ0v) is 20.4. The minimum Gasteiger partial charge on any atom is -0.455 e. The predicted molar refractivity (Wildman–Crippen MR) is 145 cm³/mol. The summed E-state index contributed by atoms with van der Waals surface area (Å²) in [4.78, 5) is 15.3. The van der Waals surface area contributed by atoms with Crippen molar-refractivity contribution in [1.29, 1.82) is 0 Å². The van der Waals surface area contributed by atoms with E-state index in [1.165, 1.54) is 10.3 Å². The summed E-state index contributed by atoms with van der Waals surface area (Å²) in [5.41, 5.74) is 5.30. The van der Waals surface area contributed by atoms with Gasteiger partial charge >= 0.3 is 0 Å². The van der Waals surface area contributed by atoms with E-state index >= 15 is 0 Å². The second kappa shape index (κ2) is 7.85. The highest BCUT2D eigenvalue weighted by atomic mass is 32.1. The Morgan fingerprint density at radius 2 is 1.46 bits per heavy atom. The third-order valence-corrected chi connectivity index (χ3v) is 7.77. The van der Waals surface area contributed by atoms with Crippen molar-refractivity contribution in [2.24, 2.45) is 9.98 Å². The van der Waals surface area contributed by atoms with Gasteiger partial charge in [-0.3, -0.25) is 9.98 Å². The summed E-state index contributed by atoms with van der Waals surface area (Å²) in [6.07, 6.45) is 0. The standard InChI is InChI=1S/C28H25N5OS/c1-15-13-29-27(31-15)19-5-3-17-9-22(33-21(17)10-19)25-7-8-26(35-25)24-11-18-4-6-20(12-23(18)34-24)28-30-14-16(2)32-28/h3-12,15-16,33H,13-14H2,1-2H3,(H,29,31)(H,30,32). The number of benzene rings is 2. The van der Waals surface area contributed by atoms with E-state index in [4.69, 9.17) is 4.42 Å². The molecule has 0 saturated carbocycles. The van der Waals surface area contributed by atoms with Gasteiger partial charge in [0.25, 0.3) is 0 Å². The molecule has 35 heavy (non-hydrogen) atoms. The largest absolute Gasteiger partial charge is 0.455 e. The Bertz CT molecular complexity index is 1530. The summed E-state index contributed by atoms with van der Waals surface area (Å²) in [5.74, 6) is 2.82. The summed E-state index contributed by atoms with van der Waals surface area (Å²) in [7, 11) is 0. The first-order valence-electron chi connectivity index (χ1n) is 12.0. The Morgan fingerprint density at radius 1 is 0.771 bits per heavy atom. The molecular formula is C28H25N5OS. The number of aromatic nitrogens is 1. The third kappa shape index (κ3) is 3.63. The van der Waals surface area contributed by atoms with Crippen molar-refractivity contribution in [2.75, 3.05) is 13.1 Å². The number of hydrogen-bond donors (Lipinski definition) is 3. The van der Waals surface area contributed by atoms with Crippen LogP contribution in [0, 0.1) is 0 Å². The lowest BCUT2D eigenvalue weighted by Gasteiger charge is -2.01. The summed E-state index contributed by atoms with van der Waals surface area (Å²) < 4.78 is 6.27. The average Bonchev–Trinajstić information content (AvgIpc) is 3.67. The smallest absolute Gasteiger partial charge is 0.145 e. The Hall–Kier alpha value is -3.84. The van der Waals surface area contributed by atoms with Gasteiger partial charge < -0.3 is 20.0 Å². The van der Waals surface area contributed by atoms with E-state index < -0.39 is 0 Å². The van der Waals surface area contributed by atoms with Gasteiger partial charge in [-0.05, 0) is 50.2 Å². The lowest BCUT2D eigenvalue weighted by atomic mass is 10.1.